The van der Waals surface area contributed by atoms with E-state index in [1.54, 1.807) is 24.3 Å². The number of ether oxygens (including phenoxy) is 2. The molecule has 0 saturated carbocycles. The lowest BCUT2D eigenvalue weighted by molar-refractivity contribution is -0.140. The molecule has 8 heteroatoms. The Morgan fingerprint density at radius 3 is 2.34 bits per heavy atom. The lowest BCUT2D eigenvalue weighted by Crippen LogP contribution is -2.07. The van der Waals surface area contributed by atoms with Crippen molar-refractivity contribution < 1.29 is 27.8 Å². The maximum atomic E-state index is 13.7. The first kappa shape index (κ1) is 21.3. The topological polar surface area (TPSA) is 67.4 Å². The predicted octanol–water partition coefficient (Wildman–Crippen LogP) is 6.06. The van der Waals surface area contributed by atoms with E-state index in [1.807, 2.05) is 30.3 Å². The predicted molar refractivity (Wildman–Crippen MR) is 113 cm³/mol. The molecule has 0 atom stereocenters. The number of hydrogen-bond donors (Lipinski definition) is 2. The van der Waals surface area contributed by atoms with Gasteiger partial charge in [-0.15, -0.1) is 0 Å². The van der Waals surface area contributed by atoms with Crippen LogP contribution >= 0.6 is 0 Å². The van der Waals surface area contributed by atoms with Gasteiger partial charge in [0, 0.05) is 22.8 Å². The Morgan fingerprint density at radius 2 is 1.66 bits per heavy atom. The molecule has 4 rings (SSSR count). The van der Waals surface area contributed by atoms with Crippen LogP contribution in [0.25, 0.3) is 22.4 Å². The van der Waals surface area contributed by atoms with Gasteiger partial charge in [0.05, 0.1) is 7.11 Å². The van der Waals surface area contributed by atoms with Gasteiger partial charge in [-0.3, -0.25) is 5.10 Å². The lowest BCUT2D eigenvalue weighted by atomic mass is 9.97. The minimum atomic E-state index is -4.68. The van der Waals surface area contributed by atoms with E-state index < -0.39 is 11.9 Å². The van der Waals surface area contributed by atoms with E-state index in [2.05, 4.69) is 10.2 Å². The van der Waals surface area contributed by atoms with Crippen molar-refractivity contribution in [2.45, 2.75) is 12.8 Å². The average Bonchev–Trinajstić information content (AvgIpc) is 3.23. The molecule has 0 spiro atoms. The number of H-pyrrole nitrogens is 1. The third kappa shape index (κ3) is 4.25. The van der Waals surface area contributed by atoms with Gasteiger partial charge in [-0.05, 0) is 23.8 Å². The first-order valence-electron chi connectivity index (χ1n) is 9.67. The minimum Gasteiger partial charge on any atom is -0.507 e. The maximum absolute atomic E-state index is 13.7. The van der Waals surface area contributed by atoms with Gasteiger partial charge in [0.25, 0.3) is 0 Å². The molecule has 2 N–H and O–H groups in total. The molecule has 0 unspecified atom stereocenters. The number of nitrogens with zero attached hydrogens (tertiary/aromatic N) is 1. The average molecular weight is 440 g/mol. The monoisotopic (exact) mass is 440 g/mol. The molecule has 3 aromatic carbocycles. The summed E-state index contributed by atoms with van der Waals surface area (Å²) in [6, 6.07) is 20.2. The van der Waals surface area contributed by atoms with Crippen LogP contribution in [-0.2, 0) is 12.8 Å². The van der Waals surface area contributed by atoms with Crippen molar-refractivity contribution in [3.63, 3.8) is 0 Å². The molecule has 0 fully saturated rings. The summed E-state index contributed by atoms with van der Waals surface area (Å²) in [4.78, 5) is 0. The van der Waals surface area contributed by atoms with Gasteiger partial charge in [-0.1, -0.05) is 48.5 Å². The molecule has 164 valence electrons. The van der Waals surface area contributed by atoms with Gasteiger partial charge in [-0.25, -0.2) is 0 Å². The number of phenols is 1. The van der Waals surface area contributed by atoms with E-state index in [-0.39, 0.29) is 40.5 Å². The second-order valence-electron chi connectivity index (χ2n) is 6.97. The zero-order valence-electron chi connectivity index (χ0n) is 17.0. The number of hydrogen-bond acceptors (Lipinski definition) is 4. The summed E-state index contributed by atoms with van der Waals surface area (Å²) in [5.74, 6) is 0.371. The SMILES string of the molecule is COc1ccccc1-c1c(-c2ccc(OCc3ccccc3)cc2O)n[nH]c1C(F)(F)F. The molecule has 0 saturated heterocycles. The highest BCUT2D eigenvalue weighted by Crippen LogP contribution is 2.46. The Bertz CT molecular complexity index is 1220. The highest BCUT2D eigenvalue weighted by Gasteiger charge is 2.39. The van der Waals surface area contributed by atoms with Crippen LogP contribution < -0.4 is 9.47 Å². The number of halogens is 3. The van der Waals surface area contributed by atoms with Crippen LogP contribution in [0, 0.1) is 0 Å². The number of nitrogens with one attached hydrogen (secondary N) is 1. The number of aromatic amines is 1. The summed E-state index contributed by atoms with van der Waals surface area (Å²) in [7, 11) is 1.38. The third-order valence-electron chi connectivity index (χ3n) is 4.90. The summed E-state index contributed by atoms with van der Waals surface area (Å²) >= 11 is 0. The fraction of sp³-hybridized carbons (Fsp3) is 0.125. The van der Waals surface area contributed by atoms with Crippen molar-refractivity contribution in [1.29, 1.82) is 0 Å². The molecule has 1 aromatic heterocycles. The van der Waals surface area contributed by atoms with Crippen LogP contribution in [0.1, 0.15) is 11.3 Å². The highest BCUT2D eigenvalue weighted by atomic mass is 19.4. The van der Waals surface area contributed by atoms with Gasteiger partial charge in [0.15, 0.2) is 0 Å². The standard InChI is InChI=1S/C24H19F3N2O3/c1-31-20-10-6-5-9-18(20)21-22(28-29-23(21)24(25,26)27)17-12-11-16(13-19(17)30)32-14-15-7-3-2-4-8-15/h2-13,30H,14H2,1H3,(H,28,29). The first-order valence-corrected chi connectivity index (χ1v) is 9.67. The Hall–Kier alpha value is -3.94. The number of rotatable bonds is 6. The van der Waals surface area contributed by atoms with Crippen LogP contribution in [0.15, 0.2) is 72.8 Å². The van der Waals surface area contributed by atoms with Crippen molar-refractivity contribution in [3.05, 3.63) is 84.1 Å². The van der Waals surface area contributed by atoms with Crippen molar-refractivity contribution in [1.82, 2.24) is 10.2 Å². The molecule has 0 aliphatic heterocycles. The van der Waals surface area contributed by atoms with E-state index >= 15 is 0 Å². The van der Waals surface area contributed by atoms with Crippen LogP contribution in [0.4, 0.5) is 13.2 Å². The largest absolute Gasteiger partial charge is 0.507 e. The number of methoxy groups -OCH3 is 1. The maximum Gasteiger partial charge on any atom is 0.433 e. The molecular weight excluding hydrogens is 421 g/mol. The molecule has 5 nitrogen and oxygen atoms in total. The van der Waals surface area contributed by atoms with Crippen LogP contribution in [0.5, 0.6) is 17.2 Å². The second kappa shape index (κ2) is 8.66. The zero-order valence-corrected chi connectivity index (χ0v) is 17.0. The molecule has 0 aliphatic rings. The highest BCUT2D eigenvalue weighted by molar-refractivity contribution is 5.88. The van der Waals surface area contributed by atoms with Gasteiger partial charge >= 0.3 is 6.18 Å². The summed E-state index contributed by atoms with van der Waals surface area (Å²) in [5, 5.41) is 16.6. The van der Waals surface area contributed by atoms with Gasteiger partial charge < -0.3 is 14.6 Å². The summed E-state index contributed by atoms with van der Waals surface area (Å²) in [5.41, 5.74) is -0.00538. The fourth-order valence-electron chi connectivity index (χ4n) is 3.40. The first-order chi connectivity index (χ1) is 15.4. The normalized spacial score (nSPS) is 11.4. The summed E-state index contributed by atoms with van der Waals surface area (Å²) in [6.07, 6.45) is -4.68. The van der Waals surface area contributed by atoms with Crippen molar-refractivity contribution in [2.75, 3.05) is 7.11 Å². The number of alkyl halides is 3. The Morgan fingerprint density at radius 1 is 0.938 bits per heavy atom. The Kier molecular flexibility index (Phi) is 5.77. The van der Waals surface area contributed by atoms with Crippen molar-refractivity contribution in [2.24, 2.45) is 0 Å². The van der Waals surface area contributed by atoms with Crippen LogP contribution in [0.2, 0.25) is 0 Å². The molecular formula is C24H19F3N2O3. The molecule has 0 bridgehead atoms. The Balaban J connectivity index is 1.74. The molecule has 0 aliphatic carbocycles. The van der Waals surface area contributed by atoms with Gasteiger partial charge in [0.2, 0.25) is 0 Å². The van der Waals surface area contributed by atoms with Crippen molar-refractivity contribution in [3.8, 4) is 39.6 Å². The summed E-state index contributed by atoms with van der Waals surface area (Å²) < 4.78 is 52.1. The molecule has 1 heterocycles. The van der Waals surface area contributed by atoms with Gasteiger partial charge in [-0.2, -0.15) is 18.3 Å². The molecule has 4 aromatic rings. The lowest BCUT2D eigenvalue weighted by Gasteiger charge is -2.13. The number of para-hydroxylation sites is 1. The molecule has 32 heavy (non-hydrogen) atoms. The van der Waals surface area contributed by atoms with Crippen molar-refractivity contribution >= 4 is 0 Å². The number of phenolic OH excluding ortho intramolecular Hbond substituents is 1. The second-order valence-corrected chi connectivity index (χ2v) is 6.97. The minimum absolute atomic E-state index is 0.0473. The quantitative estimate of drug-likeness (QED) is 0.383. The summed E-state index contributed by atoms with van der Waals surface area (Å²) in [6.45, 7) is 0.284. The molecule has 0 radical (unpaired) electrons. The number of benzene rings is 3. The van der Waals surface area contributed by atoms with Gasteiger partial charge in [0.1, 0.15) is 35.2 Å². The molecule has 0 amide bonds. The number of aromatic hydroxyl groups is 1. The van der Waals surface area contributed by atoms with Crippen LogP contribution in [-0.4, -0.2) is 22.4 Å². The fourth-order valence-corrected chi connectivity index (χ4v) is 3.40. The smallest absolute Gasteiger partial charge is 0.433 e. The van der Waals surface area contributed by atoms with E-state index in [4.69, 9.17) is 9.47 Å². The van der Waals surface area contributed by atoms with E-state index in [9.17, 15) is 18.3 Å². The third-order valence-corrected chi connectivity index (χ3v) is 4.90. The Labute approximate surface area is 182 Å². The van der Waals surface area contributed by atoms with E-state index in [1.165, 1.54) is 25.3 Å². The zero-order chi connectivity index (χ0) is 22.7. The number of aromatic nitrogens is 2. The van der Waals surface area contributed by atoms with Crippen LogP contribution in [0.3, 0.4) is 0 Å². The van der Waals surface area contributed by atoms with E-state index in [0.29, 0.717) is 5.75 Å². The van der Waals surface area contributed by atoms with E-state index in [0.717, 1.165) is 5.56 Å².